The maximum Gasteiger partial charge on any atom is 0.308 e. The van der Waals surface area contributed by atoms with E-state index in [1.165, 1.54) is 47.1 Å². The van der Waals surface area contributed by atoms with Gasteiger partial charge in [-0.25, -0.2) is 0 Å². The number of carbonyl (C=O) groups excluding carboxylic acids is 4. The standard InChI is InChI=1S/C52H82O11/c1-14-42-44(60-35(5)54)33(3)45(61-36(6)55)47(62-42)63-52(12,25-16-15-17-38(46(57)58-13)29-37-18-20-39(56)21-19-37)40-23-28-51(11,41(40)30-59-34(4)53)50(10)27-24-43-48(7,8)32(2)22-26-49(43,9)31-50/h18-21,32-33,38,40-45,47,56H,14-17,22-31H2,1-13H3/t32-,33-,38-,40?,41+,42+,43?,44-,45+,47+,49+,50+,51+,52-/m0/s1. The molecule has 3 saturated carbocycles. The molecule has 11 nitrogen and oxygen atoms in total. The van der Waals surface area contributed by atoms with Gasteiger partial charge in [-0.1, -0.05) is 80.4 Å². The SMILES string of the molecule is CC[C@H]1O[C@H](O[C@@](C)(CCCC[C@@H](Cc2ccc(O)cc2)C(=O)OC)C2CC[C@@](C)([C@]3(C)CCC4C(C)(C)[C@@H](C)CC[C@]4(C)C3)[C@@H]2COC(C)=O)[C@H](OC(C)=O)[C@@H](C)[C@@H]1OC(C)=O. The molecule has 2 unspecified atom stereocenters. The van der Waals surface area contributed by atoms with Gasteiger partial charge in [0.05, 0.1) is 31.3 Å². The number of rotatable bonds is 17. The molecule has 1 aromatic carbocycles. The summed E-state index contributed by atoms with van der Waals surface area (Å²) in [6.45, 7) is 25.4. The van der Waals surface area contributed by atoms with Crippen LogP contribution in [0.4, 0.5) is 0 Å². The molecule has 5 rings (SSSR count). The summed E-state index contributed by atoms with van der Waals surface area (Å²) in [5, 5.41) is 9.86. The van der Waals surface area contributed by atoms with Gasteiger partial charge in [0.25, 0.3) is 0 Å². The molecule has 14 atom stereocenters. The summed E-state index contributed by atoms with van der Waals surface area (Å²) in [6.07, 6.45) is 8.32. The maximum atomic E-state index is 13.1. The van der Waals surface area contributed by atoms with E-state index in [9.17, 15) is 24.3 Å². The number of esters is 4. The van der Waals surface area contributed by atoms with E-state index in [4.69, 9.17) is 28.4 Å². The number of hydrogen-bond donors (Lipinski definition) is 1. The molecule has 4 aliphatic rings. The molecule has 1 aromatic rings. The molecule has 0 bridgehead atoms. The number of hydrogen-bond acceptors (Lipinski definition) is 11. The summed E-state index contributed by atoms with van der Waals surface area (Å²) in [7, 11) is 1.42. The van der Waals surface area contributed by atoms with Crippen LogP contribution in [0.2, 0.25) is 0 Å². The van der Waals surface area contributed by atoms with Crippen LogP contribution in [0.5, 0.6) is 5.75 Å². The van der Waals surface area contributed by atoms with E-state index in [2.05, 4.69) is 48.5 Å². The van der Waals surface area contributed by atoms with Gasteiger partial charge >= 0.3 is 23.9 Å². The molecule has 63 heavy (non-hydrogen) atoms. The molecule has 0 spiro atoms. The van der Waals surface area contributed by atoms with Crippen LogP contribution in [-0.2, 0) is 54.0 Å². The number of carbonyl (C=O) groups is 4. The fourth-order valence-corrected chi connectivity index (χ4v) is 13.6. The van der Waals surface area contributed by atoms with Crippen molar-refractivity contribution < 1.29 is 52.7 Å². The van der Waals surface area contributed by atoms with E-state index < -0.39 is 48.1 Å². The predicted molar refractivity (Wildman–Crippen MR) is 241 cm³/mol. The van der Waals surface area contributed by atoms with Crippen LogP contribution in [0.15, 0.2) is 24.3 Å². The van der Waals surface area contributed by atoms with E-state index in [1.807, 2.05) is 26.0 Å². The zero-order valence-corrected chi connectivity index (χ0v) is 41.0. The van der Waals surface area contributed by atoms with E-state index in [0.717, 1.165) is 31.2 Å². The lowest BCUT2D eigenvalue weighted by atomic mass is 9.41. The molecule has 1 aliphatic heterocycles. The van der Waals surface area contributed by atoms with Crippen molar-refractivity contribution in [3.8, 4) is 5.75 Å². The molecule has 356 valence electrons. The minimum Gasteiger partial charge on any atom is -0.508 e. The van der Waals surface area contributed by atoms with Gasteiger partial charge in [0.1, 0.15) is 11.9 Å². The molecular formula is C52H82O11. The zero-order valence-electron chi connectivity index (χ0n) is 41.0. The van der Waals surface area contributed by atoms with Crippen LogP contribution in [-0.4, -0.2) is 72.9 Å². The van der Waals surface area contributed by atoms with Gasteiger partial charge in [0, 0.05) is 32.6 Å². The van der Waals surface area contributed by atoms with Gasteiger partial charge in [-0.3, -0.25) is 19.2 Å². The second-order valence-electron chi connectivity index (χ2n) is 21.9. The number of phenols is 1. The van der Waals surface area contributed by atoms with Crippen LogP contribution in [0.3, 0.4) is 0 Å². The Morgan fingerprint density at radius 2 is 1.52 bits per heavy atom. The Bertz CT molecular complexity index is 1740. The third kappa shape index (κ3) is 10.9. The molecule has 1 N–H and O–H groups in total. The molecule has 1 saturated heterocycles. The van der Waals surface area contributed by atoms with Crippen molar-refractivity contribution in [2.24, 2.45) is 57.2 Å². The van der Waals surface area contributed by atoms with Crippen molar-refractivity contribution in [1.82, 2.24) is 0 Å². The first-order valence-electron chi connectivity index (χ1n) is 24.1. The zero-order chi connectivity index (χ0) is 46.7. The number of fused-ring (bicyclic) bond motifs is 1. The lowest BCUT2D eigenvalue weighted by molar-refractivity contribution is -0.324. The Morgan fingerprint density at radius 1 is 0.873 bits per heavy atom. The summed E-state index contributed by atoms with van der Waals surface area (Å²) in [4.78, 5) is 50.9. The maximum absolute atomic E-state index is 13.1. The molecule has 1 heterocycles. The van der Waals surface area contributed by atoms with Gasteiger partial charge in [-0.05, 0) is 135 Å². The molecule has 0 radical (unpaired) electrons. The third-order valence-electron chi connectivity index (χ3n) is 17.6. The molecule has 3 aliphatic carbocycles. The lowest BCUT2D eigenvalue weighted by Gasteiger charge is -2.64. The molecular weight excluding hydrogens is 801 g/mol. The van der Waals surface area contributed by atoms with Crippen LogP contribution < -0.4 is 0 Å². The average Bonchev–Trinajstić information content (AvgIpc) is 3.57. The van der Waals surface area contributed by atoms with E-state index in [0.29, 0.717) is 50.4 Å². The quantitative estimate of drug-likeness (QED) is 0.0907. The van der Waals surface area contributed by atoms with Crippen LogP contribution in [0, 0.1) is 57.2 Å². The number of ether oxygens (including phenoxy) is 6. The van der Waals surface area contributed by atoms with Gasteiger partial charge in [0.15, 0.2) is 12.4 Å². The van der Waals surface area contributed by atoms with E-state index >= 15 is 0 Å². The summed E-state index contributed by atoms with van der Waals surface area (Å²) in [5.41, 5.74) is 0.321. The minimum absolute atomic E-state index is 0.0297. The van der Waals surface area contributed by atoms with Gasteiger partial charge < -0.3 is 33.5 Å². The Labute approximate surface area is 378 Å². The van der Waals surface area contributed by atoms with Crippen molar-refractivity contribution in [1.29, 1.82) is 0 Å². The molecule has 0 aromatic heterocycles. The van der Waals surface area contributed by atoms with E-state index in [1.54, 1.807) is 12.1 Å². The number of benzene rings is 1. The molecule has 4 fully saturated rings. The first kappa shape index (κ1) is 50.8. The number of unbranched alkanes of at least 4 members (excludes halogenated alkanes) is 1. The lowest BCUT2D eigenvalue weighted by Crippen LogP contribution is -2.60. The van der Waals surface area contributed by atoms with Crippen LogP contribution in [0.1, 0.15) is 166 Å². The second-order valence-corrected chi connectivity index (χ2v) is 21.9. The van der Waals surface area contributed by atoms with Crippen LogP contribution in [0.25, 0.3) is 0 Å². The van der Waals surface area contributed by atoms with Crippen molar-refractivity contribution in [3.05, 3.63) is 29.8 Å². The predicted octanol–water partition coefficient (Wildman–Crippen LogP) is 10.6. The fourth-order valence-electron chi connectivity index (χ4n) is 13.6. The first-order chi connectivity index (χ1) is 29.4. The normalized spacial score (nSPS) is 36.6. The fraction of sp³-hybridized carbons (Fsp3) is 0.808. The first-order valence-corrected chi connectivity index (χ1v) is 24.1. The number of aromatic hydroxyl groups is 1. The summed E-state index contributed by atoms with van der Waals surface area (Å²) >= 11 is 0. The van der Waals surface area contributed by atoms with Gasteiger partial charge in [-0.15, -0.1) is 0 Å². The highest BCUT2D eigenvalue weighted by molar-refractivity contribution is 5.72. The Hall–Kier alpha value is -3.18. The largest absolute Gasteiger partial charge is 0.508 e. The summed E-state index contributed by atoms with van der Waals surface area (Å²) in [6, 6.07) is 6.93. The Kier molecular flexibility index (Phi) is 16.2. The van der Waals surface area contributed by atoms with Gasteiger partial charge in [0.2, 0.25) is 0 Å². The highest BCUT2D eigenvalue weighted by Crippen LogP contribution is 2.70. The highest BCUT2D eigenvalue weighted by atomic mass is 16.7. The monoisotopic (exact) mass is 883 g/mol. The third-order valence-corrected chi connectivity index (χ3v) is 17.6. The van der Waals surface area contributed by atoms with Gasteiger partial charge in [-0.2, -0.15) is 0 Å². The number of phenolic OH excluding ortho intramolecular Hbond substituents is 1. The summed E-state index contributed by atoms with van der Waals surface area (Å²) in [5.74, 6) is -0.924. The average molecular weight is 883 g/mol. The summed E-state index contributed by atoms with van der Waals surface area (Å²) < 4.78 is 37.3. The Morgan fingerprint density at radius 3 is 2.13 bits per heavy atom. The molecule has 0 amide bonds. The highest BCUT2D eigenvalue weighted by Gasteiger charge is 2.64. The van der Waals surface area contributed by atoms with Crippen molar-refractivity contribution >= 4 is 23.9 Å². The van der Waals surface area contributed by atoms with Crippen LogP contribution >= 0.6 is 0 Å². The second kappa shape index (κ2) is 20.1. The minimum atomic E-state index is -0.958. The van der Waals surface area contributed by atoms with Crippen molar-refractivity contribution in [2.45, 2.75) is 197 Å². The molecule has 11 heteroatoms. The Balaban J connectivity index is 1.51. The number of methoxy groups -OCH3 is 1. The van der Waals surface area contributed by atoms with Crippen molar-refractivity contribution in [2.75, 3.05) is 13.7 Å². The van der Waals surface area contributed by atoms with Crippen molar-refractivity contribution in [3.63, 3.8) is 0 Å². The van der Waals surface area contributed by atoms with E-state index in [-0.39, 0.29) is 63.7 Å². The topological polar surface area (TPSA) is 144 Å². The smallest absolute Gasteiger partial charge is 0.308 e.